The van der Waals surface area contributed by atoms with Gasteiger partial charge in [0.2, 0.25) is 0 Å². The van der Waals surface area contributed by atoms with E-state index in [4.69, 9.17) is 22.1 Å². The van der Waals surface area contributed by atoms with Gasteiger partial charge in [-0.2, -0.15) is 0 Å². The summed E-state index contributed by atoms with van der Waals surface area (Å²) in [6, 6.07) is 15.7. The minimum atomic E-state index is 0.150. The van der Waals surface area contributed by atoms with Crippen LogP contribution in [0.3, 0.4) is 0 Å². The highest BCUT2D eigenvalue weighted by Crippen LogP contribution is 2.34. The largest absolute Gasteiger partial charge is 0.493 e. The molecular weight excluding hydrogens is 348 g/mol. The second kappa shape index (κ2) is 6.84. The van der Waals surface area contributed by atoms with Gasteiger partial charge in [0, 0.05) is 23.6 Å². The summed E-state index contributed by atoms with van der Waals surface area (Å²) in [5.41, 5.74) is 9.33. The number of nitrogens with two attached hydrogens (primary N) is 1. The molecule has 1 aliphatic rings. The van der Waals surface area contributed by atoms with E-state index >= 15 is 0 Å². The highest BCUT2D eigenvalue weighted by molar-refractivity contribution is 6.33. The van der Waals surface area contributed by atoms with E-state index in [9.17, 15) is 0 Å². The number of aromatic nitrogens is 2. The number of halogens is 1. The second-order valence-corrected chi connectivity index (χ2v) is 6.70. The van der Waals surface area contributed by atoms with Crippen LogP contribution < -0.4 is 15.8 Å². The Hall–Kier alpha value is -2.79. The Labute approximate surface area is 157 Å². The zero-order valence-electron chi connectivity index (χ0n) is 14.4. The molecule has 132 valence electrons. The maximum absolute atomic E-state index is 6.03. The number of anilines is 2. The number of nitrogen functional groups attached to an aromatic ring is 1. The topological polar surface area (TPSA) is 73.1 Å². The summed E-state index contributed by atoms with van der Waals surface area (Å²) < 4.78 is 5.73. The van der Waals surface area contributed by atoms with Gasteiger partial charge in [-0.3, -0.25) is 0 Å². The molecule has 26 heavy (non-hydrogen) atoms. The Morgan fingerprint density at radius 3 is 2.85 bits per heavy atom. The van der Waals surface area contributed by atoms with Crippen molar-refractivity contribution < 1.29 is 4.74 Å². The molecule has 0 amide bonds. The fourth-order valence-electron chi connectivity index (χ4n) is 3.16. The van der Waals surface area contributed by atoms with E-state index in [-0.39, 0.29) is 6.04 Å². The molecule has 0 unspecified atom stereocenters. The molecule has 3 aromatic rings. The van der Waals surface area contributed by atoms with Crippen molar-refractivity contribution in [2.75, 3.05) is 17.7 Å². The summed E-state index contributed by atoms with van der Waals surface area (Å²) in [5.74, 6) is 2.40. The van der Waals surface area contributed by atoms with Gasteiger partial charge in [-0.05, 0) is 25.1 Å². The Balaban J connectivity index is 1.66. The number of benzene rings is 2. The van der Waals surface area contributed by atoms with Crippen LogP contribution >= 0.6 is 11.6 Å². The monoisotopic (exact) mass is 366 g/mol. The zero-order valence-corrected chi connectivity index (χ0v) is 15.1. The molecule has 0 aliphatic carbocycles. The number of fused-ring (bicyclic) bond motifs is 1. The molecule has 3 N–H and O–H groups in total. The van der Waals surface area contributed by atoms with Gasteiger partial charge in [0.15, 0.2) is 0 Å². The molecule has 1 aromatic heterocycles. The van der Waals surface area contributed by atoms with Gasteiger partial charge >= 0.3 is 0 Å². The Kier molecular flexibility index (Phi) is 4.39. The SMILES string of the molecule is Cc1nc(N[C@@H]2CCOc3ccccc32)cc(-c2ccc(Cl)c(N)c2)n1. The highest BCUT2D eigenvalue weighted by Gasteiger charge is 2.21. The van der Waals surface area contributed by atoms with Gasteiger partial charge in [-0.15, -0.1) is 0 Å². The number of nitrogens with one attached hydrogen (secondary N) is 1. The van der Waals surface area contributed by atoms with Crippen LogP contribution in [0.2, 0.25) is 5.02 Å². The van der Waals surface area contributed by atoms with Crippen molar-refractivity contribution in [1.29, 1.82) is 0 Å². The third kappa shape index (κ3) is 3.30. The van der Waals surface area contributed by atoms with Crippen LogP contribution in [0.1, 0.15) is 23.9 Å². The van der Waals surface area contributed by atoms with Gasteiger partial charge in [0.1, 0.15) is 17.4 Å². The quantitative estimate of drug-likeness (QED) is 0.661. The third-order valence-electron chi connectivity index (χ3n) is 4.41. The van der Waals surface area contributed by atoms with Crippen molar-refractivity contribution in [3.8, 4) is 17.0 Å². The second-order valence-electron chi connectivity index (χ2n) is 6.29. The van der Waals surface area contributed by atoms with Gasteiger partial charge < -0.3 is 15.8 Å². The summed E-state index contributed by atoms with van der Waals surface area (Å²) >= 11 is 6.03. The van der Waals surface area contributed by atoms with Crippen molar-refractivity contribution in [3.63, 3.8) is 0 Å². The molecule has 1 aliphatic heterocycles. The van der Waals surface area contributed by atoms with Crippen LogP contribution in [0.5, 0.6) is 5.75 Å². The van der Waals surface area contributed by atoms with Crippen LogP contribution in [-0.2, 0) is 0 Å². The van der Waals surface area contributed by atoms with Gasteiger partial charge in [0.05, 0.1) is 29.1 Å². The zero-order chi connectivity index (χ0) is 18.1. The summed E-state index contributed by atoms with van der Waals surface area (Å²) in [5, 5.41) is 4.06. The fraction of sp³-hybridized carbons (Fsp3) is 0.200. The molecule has 0 saturated heterocycles. The summed E-state index contributed by atoms with van der Waals surface area (Å²) in [7, 11) is 0. The number of hydrogen-bond acceptors (Lipinski definition) is 5. The average Bonchev–Trinajstić information content (AvgIpc) is 2.64. The van der Waals surface area contributed by atoms with E-state index in [1.165, 1.54) is 0 Å². The number of aryl methyl sites for hydroxylation is 1. The molecule has 2 heterocycles. The smallest absolute Gasteiger partial charge is 0.130 e. The molecular formula is C20H19ClN4O. The number of ether oxygens (including phenoxy) is 1. The molecule has 1 atom stereocenters. The molecule has 5 nitrogen and oxygen atoms in total. The minimum absolute atomic E-state index is 0.150. The Morgan fingerprint density at radius 2 is 2.00 bits per heavy atom. The first kappa shape index (κ1) is 16.7. The highest BCUT2D eigenvalue weighted by atomic mass is 35.5. The molecule has 2 aromatic carbocycles. The van der Waals surface area contributed by atoms with Crippen molar-refractivity contribution in [1.82, 2.24) is 9.97 Å². The summed E-state index contributed by atoms with van der Waals surface area (Å²) in [4.78, 5) is 9.08. The number of hydrogen-bond donors (Lipinski definition) is 2. The number of para-hydroxylation sites is 1. The van der Waals surface area contributed by atoms with Gasteiger partial charge in [-0.1, -0.05) is 35.9 Å². The van der Waals surface area contributed by atoms with Crippen LogP contribution in [-0.4, -0.2) is 16.6 Å². The first-order chi connectivity index (χ1) is 12.6. The maximum atomic E-state index is 6.03. The van der Waals surface area contributed by atoms with Crippen LogP contribution in [0.15, 0.2) is 48.5 Å². The normalized spacial score (nSPS) is 15.8. The Morgan fingerprint density at radius 1 is 1.15 bits per heavy atom. The van der Waals surface area contributed by atoms with E-state index < -0.39 is 0 Å². The van der Waals surface area contributed by atoms with E-state index in [1.807, 2.05) is 43.3 Å². The van der Waals surface area contributed by atoms with Crippen LogP contribution in [0.4, 0.5) is 11.5 Å². The molecule has 4 rings (SSSR count). The van der Waals surface area contributed by atoms with Crippen molar-refractivity contribution >= 4 is 23.1 Å². The summed E-state index contributed by atoms with van der Waals surface area (Å²) in [6.45, 7) is 2.56. The minimum Gasteiger partial charge on any atom is -0.493 e. The van der Waals surface area contributed by atoms with Crippen molar-refractivity contribution in [3.05, 3.63) is 64.9 Å². The average molecular weight is 367 g/mol. The first-order valence-electron chi connectivity index (χ1n) is 8.49. The molecule has 0 fully saturated rings. The molecule has 0 spiro atoms. The van der Waals surface area contributed by atoms with E-state index in [1.54, 1.807) is 6.07 Å². The lowest BCUT2D eigenvalue weighted by Gasteiger charge is -2.27. The van der Waals surface area contributed by atoms with Crippen LogP contribution in [0.25, 0.3) is 11.3 Å². The Bertz CT molecular complexity index is 960. The number of nitrogens with zero attached hydrogens (tertiary/aromatic N) is 2. The molecule has 0 radical (unpaired) electrons. The predicted molar refractivity (Wildman–Crippen MR) is 105 cm³/mol. The predicted octanol–water partition coefficient (Wildman–Crippen LogP) is 4.62. The van der Waals surface area contributed by atoms with Gasteiger partial charge in [-0.25, -0.2) is 9.97 Å². The van der Waals surface area contributed by atoms with Crippen molar-refractivity contribution in [2.24, 2.45) is 0 Å². The van der Waals surface area contributed by atoms with E-state index in [0.717, 1.165) is 34.8 Å². The lowest BCUT2D eigenvalue weighted by atomic mass is 10.0. The first-order valence-corrected chi connectivity index (χ1v) is 8.87. The van der Waals surface area contributed by atoms with Gasteiger partial charge in [0.25, 0.3) is 0 Å². The summed E-state index contributed by atoms with van der Waals surface area (Å²) in [6.07, 6.45) is 0.878. The molecule has 0 saturated carbocycles. The van der Waals surface area contributed by atoms with E-state index in [2.05, 4.69) is 21.4 Å². The standard InChI is InChI=1S/C20H19ClN4O/c1-12-23-18(13-6-7-15(21)16(22)10-13)11-20(24-12)25-17-8-9-26-19-5-3-2-4-14(17)19/h2-7,10-11,17H,8-9,22H2,1H3,(H,23,24,25)/t17-/m1/s1. The van der Waals surface area contributed by atoms with Crippen LogP contribution in [0, 0.1) is 6.92 Å². The lowest BCUT2D eigenvalue weighted by Crippen LogP contribution is -2.21. The number of rotatable bonds is 3. The maximum Gasteiger partial charge on any atom is 0.130 e. The molecule has 6 heteroatoms. The van der Waals surface area contributed by atoms with Crippen molar-refractivity contribution in [2.45, 2.75) is 19.4 Å². The lowest BCUT2D eigenvalue weighted by molar-refractivity contribution is 0.274. The fourth-order valence-corrected chi connectivity index (χ4v) is 3.28. The van der Waals surface area contributed by atoms with E-state index in [0.29, 0.717) is 23.1 Å². The third-order valence-corrected chi connectivity index (χ3v) is 4.75. The molecule has 0 bridgehead atoms.